The van der Waals surface area contributed by atoms with Crippen molar-refractivity contribution >= 4 is 27.5 Å². The van der Waals surface area contributed by atoms with Gasteiger partial charge in [0.25, 0.3) is 0 Å². The van der Waals surface area contributed by atoms with Crippen molar-refractivity contribution in [1.82, 2.24) is 0 Å². The van der Waals surface area contributed by atoms with Crippen molar-refractivity contribution in [3.05, 3.63) is 46.5 Å². The van der Waals surface area contributed by atoms with Gasteiger partial charge in [0.15, 0.2) is 0 Å². The molecule has 0 amide bonds. The molecule has 0 spiro atoms. The first-order valence-corrected chi connectivity index (χ1v) is 5.60. The van der Waals surface area contributed by atoms with Crippen LogP contribution in [0.3, 0.4) is 0 Å². The highest BCUT2D eigenvalue weighted by Gasteiger charge is 1.95. The lowest BCUT2D eigenvalue weighted by molar-refractivity contribution is 0.143. The van der Waals surface area contributed by atoms with Crippen LogP contribution in [0.2, 0.25) is 0 Å². The maximum Gasteiger partial charge on any atom is 0.0721 e. The fraction of sp³-hybridized carbons (Fsp3) is 0.273. The predicted molar refractivity (Wildman–Crippen MR) is 63.7 cm³/mol. The molecule has 0 heterocycles. The van der Waals surface area contributed by atoms with Crippen LogP contribution in [0.4, 0.5) is 0 Å². The van der Waals surface area contributed by atoms with E-state index in [1.807, 2.05) is 24.3 Å². The van der Waals surface area contributed by atoms with Gasteiger partial charge in [-0.1, -0.05) is 34.6 Å². The molecule has 0 N–H and O–H groups in total. The molecule has 0 aliphatic heterocycles. The molecular weight excluding hydrogens is 263 g/mol. The summed E-state index contributed by atoms with van der Waals surface area (Å²) in [5.41, 5.74) is 2.04. The summed E-state index contributed by atoms with van der Waals surface area (Å²) in [4.78, 5) is 0. The summed E-state index contributed by atoms with van der Waals surface area (Å²) >= 11 is 8.97. The lowest BCUT2D eigenvalue weighted by Crippen LogP contribution is -1.98. The molecule has 14 heavy (non-hydrogen) atoms. The van der Waals surface area contributed by atoms with Crippen LogP contribution < -0.4 is 0 Å². The third-order valence-electron chi connectivity index (χ3n) is 1.65. The van der Waals surface area contributed by atoms with Crippen LogP contribution in [0.5, 0.6) is 0 Å². The van der Waals surface area contributed by atoms with Crippen molar-refractivity contribution in [3.8, 4) is 0 Å². The zero-order chi connectivity index (χ0) is 10.4. The number of halogens is 2. The second kappa shape index (κ2) is 6.23. The van der Waals surface area contributed by atoms with Gasteiger partial charge < -0.3 is 4.74 Å². The molecule has 0 radical (unpaired) electrons. The molecule has 3 heteroatoms. The highest BCUT2D eigenvalue weighted by molar-refractivity contribution is 9.10. The number of rotatable bonds is 5. The summed E-state index contributed by atoms with van der Waals surface area (Å²) in [6.07, 6.45) is 0. The molecule has 0 saturated heterocycles. The largest absolute Gasteiger partial charge is 0.372 e. The molecule has 0 aliphatic carbocycles. The quantitative estimate of drug-likeness (QED) is 0.587. The highest BCUT2D eigenvalue weighted by atomic mass is 79.9. The normalized spacial score (nSPS) is 10.1. The van der Waals surface area contributed by atoms with E-state index in [0.29, 0.717) is 19.1 Å². The number of hydrogen-bond donors (Lipinski definition) is 0. The van der Waals surface area contributed by atoms with Crippen LogP contribution in [0, 0.1) is 0 Å². The molecule has 0 atom stereocenters. The summed E-state index contributed by atoms with van der Waals surface area (Å²) < 4.78 is 6.49. The Balaban J connectivity index is 2.35. The molecular formula is C11H12BrClO. The van der Waals surface area contributed by atoms with E-state index in [2.05, 4.69) is 22.5 Å². The van der Waals surface area contributed by atoms with E-state index >= 15 is 0 Å². The van der Waals surface area contributed by atoms with E-state index in [0.717, 1.165) is 15.6 Å². The molecule has 1 rings (SSSR count). The molecule has 1 nitrogen and oxygen atoms in total. The Bertz CT molecular complexity index is 312. The second-order valence-electron chi connectivity index (χ2n) is 3.01. The summed E-state index contributed by atoms with van der Waals surface area (Å²) in [6, 6.07) is 8.03. The Kier molecular flexibility index (Phi) is 5.23. The molecule has 1 aromatic rings. The van der Waals surface area contributed by atoms with Crippen molar-refractivity contribution < 1.29 is 4.74 Å². The first-order chi connectivity index (χ1) is 6.72. The summed E-state index contributed by atoms with van der Waals surface area (Å²) in [5, 5.41) is 0. The van der Waals surface area contributed by atoms with E-state index < -0.39 is 0 Å². The lowest BCUT2D eigenvalue weighted by Gasteiger charge is -2.04. The SMILES string of the molecule is C=C(CCl)COCc1cccc(Br)c1. The van der Waals surface area contributed by atoms with Gasteiger partial charge in [0.05, 0.1) is 13.2 Å². The van der Waals surface area contributed by atoms with Crippen molar-refractivity contribution in [2.45, 2.75) is 6.61 Å². The van der Waals surface area contributed by atoms with E-state index in [1.54, 1.807) is 0 Å². The van der Waals surface area contributed by atoms with Gasteiger partial charge in [-0.05, 0) is 23.3 Å². The molecule has 0 saturated carbocycles. The summed E-state index contributed by atoms with van der Waals surface area (Å²) in [5.74, 6) is 0.457. The van der Waals surface area contributed by atoms with Crippen LogP contribution in [-0.4, -0.2) is 12.5 Å². The first-order valence-electron chi connectivity index (χ1n) is 4.27. The topological polar surface area (TPSA) is 9.23 Å². The molecule has 0 bridgehead atoms. The Morgan fingerprint density at radius 1 is 1.50 bits per heavy atom. The number of benzene rings is 1. The first kappa shape index (κ1) is 11.8. The van der Waals surface area contributed by atoms with Crippen molar-refractivity contribution in [2.75, 3.05) is 12.5 Å². The molecule has 76 valence electrons. The maximum atomic E-state index is 5.57. The molecule has 0 unspecified atom stereocenters. The lowest BCUT2D eigenvalue weighted by atomic mass is 10.2. The van der Waals surface area contributed by atoms with Crippen molar-refractivity contribution in [2.24, 2.45) is 0 Å². The minimum Gasteiger partial charge on any atom is -0.372 e. The van der Waals surface area contributed by atoms with Gasteiger partial charge in [0.2, 0.25) is 0 Å². The summed E-state index contributed by atoms with van der Waals surface area (Å²) in [6.45, 7) is 4.87. The summed E-state index contributed by atoms with van der Waals surface area (Å²) in [7, 11) is 0. The Labute approximate surface area is 97.9 Å². The molecule has 0 aliphatic rings. The number of alkyl halides is 1. The fourth-order valence-electron chi connectivity index (χ4n) is 0.979. The van der Waals surface area contributed by atoms with Gasteiger partial charge in [-0.2, -0.15) is 0 Å². The van der Waals surface area contributed by atoms with E-state index in [4.69, 9.17) is 16.3 Å². The third kappa shape index (κ3) is 4.27. The van der Waals surface area contributed by atoms with Crippen LogP contribution in [0.15, 0.2) is 40.9 Å². The minimum absolute atomic E-state index is 0.457. The predicted octanol–water partition coefficient (Wildman–Crippen LogP) is 3.76. The van der Waals surface area contributed by atoms with Gasteiger partial charge in [-0.3, -0.25) is 0 Å². The zero-order valence-corrected chi connectivity index (χ0v) is 10.1. The van der Waals surface area contributed by atoms with Crippen molar-refractivity contribution in [1.29, 1.82) is 0 Å². The van der Waals surface area contributed by atoms with Gasteiger partial charge in [0.1, 0.15) is 0 Å². The Hall–Kier alpha value is -0.310. The maximum absolute atomic E-state index is 5.57. The average Bonchev–Trinajstić information content (AvgIpc) is 2.17. The minimum atomic E-state index is 0.457. The van der Waals surface area contributed by atoms with E-state index in [-0.39, 0.29) is 0 Å². The zero-order valence-electron chi connectivity index (χ0n) is 7.80. The monoisotopic (exact) mass is 274 g/mol. The van der Waals surface area contributed by atoms with Crippen LogP contribution >= 0.6 is 27.5 Å². The van der Waals surface area contributed by atoms with Gasteiger partial charge in [-0.15, -0.1) is 11.6 Å². The van der Waals surface area contributed by atoms with Gasteiger partial charge >= 0.3 is 0 Å². The van der Waals surface area contributed by atoms with Crippen LogP contribution in [0.25, 0.3) is 0 Å². The number of hydrogen-bond acceptors (Lipinski definition) is 1. The Morgan fingerprint density at radius 3 is 2.93 bits per heavy atom. The molecule has 0 fully saturated rings. The van der Waals surface area contributed by atoms with Gasteiger partial charge in [0, 0.05) is 10.4 Å². The fourth-order valence-corrected chi connectivity index (χ4v) is 1.50. The van der Waals surface area contributed by atoms with Crippen LogP contribution in [0.1, 0.15) is 5.56 Å². The molecule has 1 aromatic carbocycles. The second-order valence-corrected chi connectivity index (χ2v) is 4.19. The van der Waals surface area contributed by atoms with E-state index in [9.17, 15) is 0 Å². The van der Waals surface area contributed by atoms with Crippen molar-refractivity contribution in [3.63, 3.8) is 0 Å². The average molecular weight is 276 g/mol. The third-order valence-corrected chi connectivity index (χ3v) is 2.52. The Morgan fingerprint density at radius 2 is 2.29 bits per heavy atom. The van der Waals surface area contributed by atoms with Gasteiger partial charge in [-0.25, -0.2) is 0 Å². The van der Waals surface area contributed by atoms with Crippen LogP contribution in [-0.2, 0) is 11.3 Å². The molecule has 0 aromatic heterocycles. The highest BCUT2D eigenvalue weighted by Crippen LogP contribution is 2.12. The van der Waals surface area contributed by atoms with E-state index in [1.165, 1.54) is 0 Å². The smallest absolute Gasteiger partial charge is 0.0721 e. The number of ether oxygens (including phenoxy) is 1. The standard InChI is InChI=1S/C11H12BrClO/c1-9(6-13)7-14-8-10-3-2-4-11(12)5-10/h2-5H,1,6-8H2.